The van der Waals surface area contributed by atoms with E-state index in [1.54, 1.807) is 36.4 Å². The Bertz CT molecular complexity index is 889. The molecule has 27 heavy (non-hydrogen) atoms. The smallest absolute Gasteiger partial charge is 0.330 e. The summed E-state index contributed by atoms with van der Waals surface area (Å²) >= 11 is 0. The SMILES string of the molecule is COc1ccccc1OC(=O)CNC(=O)CN1C(=O)c2ccccc2C1=O. The molecule has 0 aromatic heterocycles. The first kappa shape index (κ1) is 18.1. The van der Waals surface area contributed by atoms with Crippen LogP contribution in [0.15, 0.2) is 48.5 Å². The third-order valence-corrected chi connectivity index (χ3v) is 3.90. The Morgan fingerprint density at radius 1 is 0.926 bits per heavy atom. The number of ether oxygens (including phenoxy) is 2. The summed E-state index contributed by atoms with van der Waals surface area (Å²) in [5, 5.41) is 2.33. The van der Waals surface area contributed by atoms with E-state index in [0.29, 0.717) is 5.75 Å². The molecule has 138 valence electrons. The van der Waals surface area contributed by atoms with Gasteiger partial charge in [-0.15, -0.1) is 0 Å². The molecule has 0 spiro atoms. The van der Waals surface area contributed by atoms with Gasteiger partial charge >= 0.3 is 5.97 Å². The number of hydrogen-bond acceptors (Lipinski definition) is 6. The highest BCUT2D eigenvalue weighted by Crippen LogP contribution is 2.25. The number of imide groups is 1. The number of esters is 1. The lowest BCUT2D eigenvalue weighted by atomic mass is 10.1. The quantitative estimate of drug-likeness (QED) is 0.464. The summed E-state index contributed by atoms with van der Waals surface area (Å²) in [5.74, 6) is -1.84. The Balaban J connectivity index is 1.54. The molecule has 3 amide bonds. The Labute approximate surface area is 154 Å². The van der Waals surface area contributed by atoms with Crippen LogP contribution in [-0.4, -0.2) is 48.8 Å². The molecule has 0 radical (unpaired) electrons. The van der Waals surface area contributed by atoms with Crippen LogP contribution in [0.3, 0.4) is 0 Å². The number of nitrogens with zero attached hydrogens (tertiary/aromatic N) is 1. The number of amides is 3. The topological polar surface area (TPSA) is 102 Å². The molecule has 1 aliphatic heterocycles. The first-order valence-electron chi connectivity index (χ1n) is 8.07. The van der Waals surface area contributed by atoms with E-state index >= 15 is 0 Å². The third kappa shape index (κ3) is 3.79. The first-order valence-corrected chi connectivity index (χ1v) is 8.07. The number of nitrogens with one attached hydrogen (secondary N) is 1. The number of carbonyl (C=O) groups excluding carboxylic acids is 4. The van der Waals surface area contributed by atoms with Crippen LogP contribution in [0.4, 0.5) is 0 Å². The molecule has 1 heterocycles. The molecule has 2 aromatic rings. The summed E-state index contributed by atoms with van der Waals surface area (Å²) in [4.78, 5) is 49.2. The van der Waals surface area contributed by atoms with Gasteiger partial charge in [0.25, 0.3) is 11.8 Å². The van der Waals surface area contributed by atoms with Crippen molar-refractivity contribution in [1.29, 1.82) is 0 Å². The lowest BCUT2D eigenvalue weighted by Gasteiger charge is -2.13. The van der Waals surface area contributed by atoms with E-state index in [2.05, 4.69) is 5.32 Å². The molecule has 0 atom stereocenters. The van der Waals surface area contributed by atoms with E-state index in [-0.39, 0.29) is 16.9 Å². The number of methoxy groups -OCH3 is 1. The summed E-state index contributed by atoms with van der Waals surface area (Å²) in [6.45, 7) is -0.895. The second-order valence-electron chi connectivity index (χ2n) is 5.64. The molecule has 8 nitrogen and oxygen atoms in total. The predicted molar refractivity (Wildman–Crippen MR) is 93.4 cm³/mol. The third-order valence-electron chi connectivity index (χ3n) is 3.90. The van der Waals surface area contributed by atoms with E-state index in [1.807, 2.05) is 0 Å². The van der Waals surface area contributed by atoms with Crippen molar-refractivity contribution in [1.82, 2.24) is 10.2 Å². The molecule has 3 rings (SSSR count). The number of rotatable bonds is 6. The van der Waals surface area contributed by atoms with Gasteiger partial charge in [0, 0.05) is 0 Å². The Hall–Kier alpha value is -3.68. The number of carbonyl (C=O) groups is 4. The summed E-state index contributed by atoms with van der Waals surface area (Å²) in [6, 6.07) is 12.9. The van der Waals surface area contributed by atoms with Gasteiger partial charge in [-0.1, -0.05) is 24.3 Å². The Kier molecular flexibility index (Phi) is 5.16. The van der Waals surface area contributed by atoms with Crippen LogP contribution in [-0.2, 0) is 9.59 Å². The summed E-state index contributed by atoms with van der Waals surface area (Å²) in [7, 11) is 1.44. The number of hydrogen-bond donors (Lipinski definition) is 1. The maximum Gasteiger partial charge on any atom is 0.330 e. The molecular formula is C19H16N2O6. The fourth-order valence-electron chi connectivity index (χ4n) is 2.61. The average molecular weight is 368 g/mol. The molecule has 8 heteroatoms. The van der Waals surface area contributed by atoms with E-state index in [1.165, 1.54) is 19.2 Å². The molecule has 0 bridgehead atoms. The molecule has 1 aliphatic rings. The van der Waals surface area contributed by atoms with Crippen molar-refractivity contribution < 1.29 is 28.7 Å². The van der Waals surface area contributed by atoms with Crippen LogP contribution in [0, 0.1) is 0 Å². The van der Waals surface area contributed by atoms with Gasteiger partial charge in [0.1, 0.15) is 13.1 Å². The van der Waals surface area contributed by atoms with Crippen molar-refractivity contribution in [3.63, 3.8) is 0 Å². The predicted octanol–water partition coefficient (Wildman–Crippen LogP) is 1.01. The zero-order valence-electron chi connectivity index (χ0n) is 14.4. The van der Waals surface area contributed by atoms with Gasteiger partial charge in [0.15, 0.2) is 11.5 Å². The van der Waals surface area contributed by atoms with Crippen LogP contribution >= 0.6 is 0 Å². The van der Waals surface area contributed by atoms with Crippen molar-refractivity contribution in [3.05, 3.63) is 59.7 Å². The fourth-order valence-corrected chi connectivity index (χ4v) is 2.61. The van der Waals surface area contributed by atoms with Crippen LogP contribution in [0.2, 0.25) is 0 Å². The summed E-state index contributed by atoms with van der Waals surface area (Å²) < 4.78 is 10.2. The monoisotopic (exact) mass is 368 g/mol. The van der Waals surface area contributed by atoms with Crippen molar-refractivity contribution in [3.8, 4) is 11.5 Å². The molecule has 0 saturated carbocycles. The fraction of sp³-hybridized carbons (Fsp3) is 0.158. The highest BCUT2D eigenvalue weighted by molar-refractivity contribution is 6.22. The van der Waals surface area contributed by atoms with E-state index in [4.69, 9.17) is 9.47 Å². The maximum atomic E-state index is 12.2. The molecule has 0 saturated heterocycles. The Morgan fingerprint density at radius 2 is 1.48 bits per heavy atom. The first-order chi connectivity index (χ1) is 13.0. The van der Waals surface area contributed by atoms with Crippen molar-refractivity contribution in [2.75, 3.05) is 20.2 Å². The van der Waals surface area contributed by atoms with E-state index < -0.39 is 36.8 Å². The van der Waals surface area contributed by atoms with Gasteiger partial charge in [-0.25, -0.2) is 4.79 Å². The second-order valence-corrected chi connectivity index (χ2v) is 5.64. The number of fused-ring (bicyclic) bond motifs is 1. The lowest BCUT2D eigenvalue weighted by Crippen LogP contribution is -2.42. The van der Waals surface area contributed by atoms with Crippen LogP contribution in [0.1, 0.15) is 20.7 Å². The Morgan fingerprint density at radius 3 is 2.07 bits per heavy atom. The van der Waals surface area contributed by atoms with Crippen molar-refractivity contribution >= 4 is 23.7 Å². The van der Waals surface area contributed by atoms with Crippen molar-refractivity contribution in [2.24, 2.45) is 0 Å². The largest absolute Gasteiger partial charge is 0.493 e. The average Bonchev–Trinajstić information content (AvgIpc) is 2.92. The van der Waals surface area contributed by atoms with Crippen LogP contribution in [0.25, 0.3) is 0 Å². The van der Waals surface area contributed by atoms with Crippen LogP contribution in [0.5, 0.6) is 11.5 Å². The second kappa shape index (κ2) is 7.69. The van der Waals surface area contributed by atoms with Crippen molar-refractivity contribution in [2.45, 2.75) is 0 Å². The van der Waals surface area contributed by atoms with Gasteiger partial charge in [-0.3, -0.25) is 19.3 Å². The standard InChI is InChI=1S/C19H16N2O6/c1-26-14-8-4-5-9-15(14)27-17(23)10-20-16(22)11-21-18(24)12-6-2-3-7-13(12)19(21)25/h2-9H,10-11H2,1H3,(H,20,22). The minimum absolute atomic E-state index is 0.222. The van der Waals surface area contributed by atoms with Crippen LogP contribution < -0.4 is 14.8 Å². The molecule has 0 aliphatic carbocycles. The molecule has 1 N–H and O–H groups in total. The number of benzene rings is 2. The molecule has 0 fully saturated rings. The van der Waals surface area contributed by atoms with Gasteiger partial charge in [-0.2, -0.15) is 0 Å². The lowest BCUT2D eigenvalue weighted by molar-refractivity contribution is -0.135. The summed E-state index contributed by atoms with van der Waals surface area (Å²) in [6.07, 6.45) is 0. The molecule has 0 unspecified atom stereocenters. The summed E-state index contributed by atoms with van der Waals surface area (Å²) in [5.41, 5.74) is 0.511. The zero-order chi connectivity index (χ0) is 19.4. The van der Waals surface area contributed by atoms with Gasteiger partial charge in [0.05, 0.1) is 18.2 Å². The highest BCUT2D eigenvalue weighted by Gasteiger charge is 2.36. The van der Waals surface area contributed by atoms with Gasteiger partial charge in [-0.05, 0) is 24.3 Å². The number of para-hydroxylation sites is 2. The normalized spacial score (nSPS) is 12.6. The molecule has 2 aromatic carbocycles. The minimum Gasteiger partial charge on any atom is -0.493 e. The van der Waals surface area contributed by atoms with Gasteiger partial charge in [0.2, 0.25) is 5.91 Å². The molecular weight excluding hydrogens is 352 g/mol. The zero-order valence-corrected chi connectivity index (χ0v) is 14.4. The minimum atomic E-state index is -0.713. The maximum absolute atomic E-state index is 12.2. The highest BCUT2D eigenvalue weighted by atomic mass is 16.6. The van der Waals surface area contributed by atoms with E-state index in [0.717, 1.165) is 4.90 Å². The van der Waals surface area contributed by atoms with E-state index in [9.17, 15) is 19.2 Å². The van der Waals surface area contributed by atoms with Gasteiger partial charge < -0.3 is 14.8 Å².